The van der Waals surface area contributed by atoms with Gasteiger partial charge in [-0.2, -0.15) is 0 Å². The summed E-state index contributed by atoms with van der Waals surface area (Å²) in [6, 6.07) is 21.4. The molecule has 4 aromatic rings. The fourth-order valence-corrected chi connectivity index (χ4v) is 3.32. The minimum Gasteiger partial charge on any atom is -0.298 e. The first kappa shape index (κ1) is 16.2. The van der Waals surface area contributed by atoms with Gasteiger partial charge in [0.1, 0.15) is 0 Å². The largest absolute Gasteiger partial charge is 0.298 e. The van der Waals surface area contributed by atoms with Gasteiger partial charge in [0.15, 0.2) is 5.13 Å². The number of anilines is 1. The lowest BCUT2D eigenvalue weighted by Crippen LogP contribution is -2.11. The molecule has 26 heavy (non-hydrogen) atoms. The van der Waals surface area contributed by atoms with Crippen LogP contribution in [0.3, 0.4) is 0 Å². The standard InChI is InChI=1S/C21H15N3OS/c25-20(18-8-6-16(7-9-18)15-4-2-1-3-5-15)24-21-23-19(14-26-21)17-10-12-22-13-11-17/h1-14H,(H,23,24,25). The van der Waals surface area contributed by atoms with Crippen molar-refractivity contribution in [1.82, 2.24) is 9.97 Å². The topological polar surface area (TPSA) is 54.9 Å². The number of rotatable bonds is 4. The van der Waals surface area contributed by atoms with Crippen LogP contribution in [0.5, 0.6) is 0 Å². The summed E-state index contributed by atoms with van der Waals surface area (Å²) in [7, 11) is 0. The lowest BCUT2D eigenvalue weighted by molar-refractivity contribution is 0.102. The molecule has 0 aliphatic rings. The molecule has 0 fully saturated rings. The molecule has 4 nitrogen and oxygen atoms in total. The molecular formula is C21H15N3OS. The molecule has 0 radical (unpaired) electrons. The predicted molar refractivity (Wildman–Crippen MR) is 105 cm³/mol. The minimum absolute atomic E-state index is 0.166. The van der Waals surface area contributed by atoms with E-state index in [2.05, 4.69) is 15.3 Å². The van der Waals surface area contributed by atoms with Crippen molar-refractivity contribution >= 4 is 22.4 Å². The second kappa shape index (κ2) is 7.29. The van der Waals surface area contributed by atoms with Crippen LogP contribution in [0.4, 0.5) is 5.13 Å². The number of thiazole rings is 1. The molecule has 0 unspecified atom stereocenters. The minimum atomic E-state index is -0.166. The summed E-state index contributed by atoms with van der Waals surface area (Å²) < 4.78 is 0. The number of hydrogen-bond acceptors (Lipinski definition) is 4. The molecule has 2 heterocycles. The van der Waals surface area contributed by atoms with Crippen molar-refractivity contribution in [2.45, 2.75) is 0 Å². The molecule has 5 heteroatoms. The van der Waals surface area contributed by atoms with E-state index in [0.29, 0.717) is 10.7 Å². The van der Waals surface area contributed by atoms with E-state index in [9.17, 15) is 4.79 Å². The Morgan fingerprint density at radius 3 is 2.23 bits per heavy atom. The number of amides is 1. The summed E-state index contributed by atoms with van der Waals surface area (Å²) >= 11 is 1.40. The molecule has 0 spiro atoms. The van der Waals surface area contributed by atoms with Crippen LogP contribution < -0.4 is 5.32 Å². The van der Waals surface area contributed by atoms with Crippen molar-refractivity contribution in [3.8, 4) is 22.4 Å². The van der Waals surface area contributed by atoms with Gasteiger partial charge in [0, 0.05) is 28.9 Å². The van der Waals surface area contributed by atoms with Crippen LogP contribution in [0.15, 0.2) is 84.5 Å². The maximum absolute atomic E-state index is 12.5. The maximum atomic E-state index is 12.5. The number of carbonyl (C=O) groups excluding carboxylic acids is 1. The van der Waals surface area contributed by atoms with Crippen molar-refractivity contribution < 1.29 is 4.79 Å². The number of aromatic nitrogens is 2. The molecule has 4 rings (SSSR count). The van der Waals surface area contributed by atoms with Crippen molar-refractivity contribution in [2.75, 3.05) is 5.32 Å². The van der Waals surface area contributed by atoms with Crippen LogP contribution in [0.1, 0.15) is 10.4 Å². The van der Waals surface area contributed by atoms with Gasteiger partial charge < -0.3 is 0 Å². The second-order valence-electron chi connectivity index (χ2n) is 5.67. The van der Waals surface area contributed by atoms with Gasteiger partial charge in [-0.1, -0.05) is 42.5 Å². The van der Waals surface area contributed by atoms with Crippen molar-refractivity contribution in [3.63, 3.8) is 0 Å². The molecule has 2 aromatic carbocycles. The third kappa shape index (κ3) is 3.53. The Balaban J connectivity index is 1.48. The van der Waals surface area contributed by atoms with Crippen LogP contribution in [-0.4, -0.2) is 15.9 Å². The van der Waals surface area contributed by atoms with Gasteiger partial charge in [-0.15, -0.1) is 11.3 Å². The second-order valence-corrected chi connectivity index (χ2v) is 6.53. The van der Waals surface area contributed by atoms with Crippen LogP contribution in [0.2, 0.25) is 0 Å². The Labute approximate surface area is 155 Å². The molecule has 1 amide bonds. The predicted octanol–water partition coefficient (Wildman–Crippen LogP) is 5.12. The highest BCUT2D eigenvalue weighted by molar-refractivity contribution is 7.14. The number of benzene rings is 2. The highest BCUT2D eigenvalue weighted by Crippen LogP contribution is 2.25. The summed E-state index contributed by atoms with van der Waals surface area (Å²) in [5, 5.41) is 5.36. The van der Waals surface area contributed by atoms with Gasteiger partial charge in [-0.25, -0.2) is 4.98 Å². The summed E-state index contributed by atoms with van der Waals surface area (Å²) in [5.74, 6) is -0.166. The van der Waals surface area contributed by atoms with E-state index < -0.39 is 0 Å². The first-order chi connectivity index (χ1) is 12.8. The molecule has 0 atom stereocenters. The highest BCUT2D eigenvalue weighted by Gasteiger charge is 2.10. The third-order valence-electron chi connectivity index (χ3n) is 3.95. The van der Waals surface area contributed by atoms with Gasteiger partial charge in [0.05, 0.1) is 5.69 Å². The summed E-state index contributed by atoms with van der Waals surface area (Å²) in [6.45, 7) is 0. The fourth-order valence-electron chi connectivity index (χ4n) is 2.60. The fraction of sp³-hybridized carbons (Fsp3) is 0. The average molecular weight is 357 g/mol. The number of nitrogens with zero attached hydrogens (tertiary/aromatic N) is 2. The Hall–Kier alpha value is -3.31. The number of hydrogen-bond donors (Lipinski definition) is 1. The monoisotopic (exact) mass is 357 g/mol. The van der Waals surface area contributed by atoms with Crippen LogP contribution in [0, 0.1) is 0 Å². The molecule has 0 aliphatic carbocycles. The molecule has 0 saturated heterocycles. The van der Waals surface area contributed by atoms with Crippen molar-refractivity contribution in [3.05, 3.63) is 90.1 Å². The molecule has 2 aromatic heterocycles. The van der Waals surface area contributed by atoms with E-state index in [1.807, 2.05) is 72.1 Å². The molecule has 126 valence electrons. The van der Waals surface area contributed by atoms with Gasteiger partial charge in [-0.05, 0) is 35.4 Å². The number of pyridine rings is 1. The molecule has 0 bridgehead atoms. The van der Waals surface area contributed by atoms with Crippen molar-refractivity contribution in [1.29, 1.82) is 0 Å². The van der Waals surface area contributed by atoms with E-state index in [0.717, 1.165) is 22.4 Å². The Kier molecular flexibility index (Phi) is 4.53. The number of nitrogens with one attached hydrogen (secondary N) is 1. The van der Waals surface area contributed by atoms with E-state index in [1.165, 1.54) is 11.3 Å². The van der Waals surface area contributed by atoms with Crippen molar-refractivity contribution in [2.24, 2.45) is 0 Å². The smallest absolute Gasteiger partial charge is 0.257 e. The molecule has 0 aliphatic heterocycles. The van der Waals surface area contributed by atoms with E-state index >= 15 is 0 Å². The SMILES string of the molecule is O=C(Nc1nc(-c2ccncc2)cs1)c1ccc(-c2ccccc2)cc1. The maximum Gasteiger partial charge on any atom is 0.257 e. The molecule has 0 saturated carbocycles. The molecular weight excluding hydrogens is 342 g/mol. The third-order valence-corrected chi connectivity index (χ3v) is 4.71. The van der Waals surface area contributed by atoms with Gasteiger partial charge in [0.2, 0.25) is 0 Å². The zero-order valence-electron chi connectivity index (χ0n) is 13.8. The lowest BCUT2D eigenvalue weighted by Gasteiger charge is -2.04. The first-order valence-corrected chi connectivity index (χ1v) is 9.00. The zero-order chi connectivity index (χ0) is 17.8. The zero-order valence-corrected chi connectivity index (χ0v) is 14.6. The normalized spacial score (nSPS) is 10.5. The van der Waals surface area contributed by atoms with E-state index in [-0.39, 0.29) is 5.91 Å². The summed E-state index contributed by atoms with van der Waals surface area (Å²) in [4.78, 5) is 20.9. The molecule has 1 N–H and O–H groups in total. The van der Waals surface area contributed by atoms with Gasteiger partial charge in [0.25, 0.3) is 5.91 Å². The van der Waals surface area contributed by atoms with Gasteiger partial charge >= 0.3 is 0 Å². The highest BCUT2D eigenvalue weighted by atomic mass is 32.1. The lowest BCUT2D eigenvalue weighted by atomic mass is 10.0. The summed E-state index contributed by atoms with van der Waals surface area (Å²) in [6.07, 6.45) is 3.45. The van der Waals surface area contributed by atoms with Crippen LogP contribution in [-0.2, 0) is 0 Å². The number of carbonyl (C=O) groups is 1. The quantitative estimate of drug-likeness (QED) is 0.551. The first-order valence-electron chi connectivity index (χ1n) is 8.12. The van der Waals surface area contributed by atoms with Gasteiger partial charge in [-0.3, -0.25) is 15.1 Å². The van der Waals surface area contributed by atoms with Crippen LogP contribution >= 0.6 is 11.3 Å². The average Bonchev–Trinajstić information content (AvgIpc) is 3.18. The van der Waals surface area contributed by atoms with E-state index in [4.69, 9.17) is 0 Å². The van der Waals surface area contributed by atoms with Crippen LogP contribution in [0.25, 0.3) is 22.4 Å². The Bertz CT molecular complexity index is 1010. The van der Waals surface area contributed by atoms with E-state index in [1.54, 1.807) is 12.4 Å². The Morgan fingerprint density at radius 1 is 0.808 bits per heavy atom. The summed E-state index contributed by atoms with van der Waals surface area (Å²) in [5.41, 5.74) is 4.61. The Morgan fingerprint density at radius 2 is 1.50 bits per heavy atom.